The summed E-state index contributed by atoms with van der Waals surface area (Å²) in [6.45, 7) is 3.26. The minimum atomic E-state index is -0.809. The normalized spacial score (nSPS) is 9.06. The van der Waals surface area contributed by atoms with Gasteiger partial charge >= 0.3 is 12.1 Å². The van der Waals surface area contributed by atoms with Gasteiger partial charge in [-0.15, -0.1) is 0 Å². The van der Waals surface area contributed by atoms with E-state index in [1.807, 2.05) is 0 Å². The highest BCUT2D eigenvalue weighted by atomic mass is 16.7. The first-order chi connectivity index (χ1) is 7.65. The van der Waals surface area contributed by atoms with E-state index < -0.39 is 12.1 Å². The summed E-state index contributed by atoms with van der Waals surface area (Å²) < 4.78 is 13.9. The van der Waals surface area contributed by atoms with Gasteiger partial charge < -0.3 is 14.2 Å². The Bertz CT molecular complexity index is 393. The van der Waals surface area contributed by atoms with Crippen LogP contribution in [-0.2, 0) is 9.53 Å². The van der Waals surface area contributed by atoms with Gasteiger partial charge in [0, 0.05) is 6.08 Å². The van der Waals surface area contributed by atoms with Crippen LogP contribution < -0.4 is 9.47 Å². The Kier molecular flexibility index (Phi) is 4.08. The summed E-state index contributed by atoms with van der Waals surface area (Å²) in [6.07, 6.45) is 0.245. The Labute approximate surface area is 92.2 Å². The summed E-state index contributed by atoms with van der Waals surface area (Å²) in [5.41, 5.74) is 0. The van der Waals surface area contributed by atoms with Crippen LogP contribution in [0.5, 0.6) is 11.5 Å². The maximum absolute atomic E-state index is 10.8. The van der Waals surface area contributed by atoms with Crippen LogP contribution in [0.3, 0.4) is 0 Å². The number of hydrogen-bond acceptors (Lipinski definition) is 5. The number of carbonyl (C=O) groups excluding carboxylic acids is 2. The number of carbonyl (C=O) groups is 2. The van der Waals surface area contributed by atoms with Crippen molar-refractivity contribution >= 4 is 12.1 Å². The van der Waals surface area contributed by atoms with Crippen LogP contribution in [0.15, 0.2) is 36.9 Å². The first-order valence-corrected chi connectivity index (χ1v) is 4.36. The molecule has 0 aromatic heterocycles. The molecule has 0 saturated heterocycles. The van der Waals surface area contributed by atoms with Gasteiger partial charge in [-0.05, 0) is 24.3 Å². The molecule has 16 heavy (non-hydrogen) atoms. The molecule has 5 nitrogen and oxygen atoms in total. The predicted molar refractivity (Wildman–Crippen MR) is 55.3 cm³/mol. The Hall–Kier alpha value is -2.30. The molecule has 1 rings (SSSR count). The topological polar surface area (TPSA) is 61.8 Å². The van der Waals surface area contributed by atoms with E-state index in [-0.39, 0.29) is 0 Å². The molecule has 1 aromatic carbocycles. The quantitative estimate of drug-likeness (QED) is 0.338. The predicted octanol–water partition coefficient (Wildman–Crippen LogP) is 1.92. The lowest BCUT2D eigenvalue weighted by Crippen LogP contribution is -2.07. The van der Waals surface area contributed by atoms with Crippen molar-refractivity contribution in [1.82, 2.24) is 0 Å². The Morgan fingerprint density at radius 2 is 1.62 bits per heavy atom. The number of rotatable bonds is 3. The molecule has 5 heteroatoms. The van der Waals surface area contributed by atoms with Gasteiger partial charge in [-0.3, -0.25) is 0 Å². The van der Waals surface area contributed by atoms with Gasteiger partial charge in [-0.2, -0.15) is 0 Å². The van der Waals surface area contributed by atoms with E-state index in [1.54, 1.807) is 0 Å². The summed E-state index contributed by atoms with van der Waals surface area (Å²) in [6, 6.07) is 5.92. The summed E-state index contributed by atoms with van der Waals surface area (Å²) >= 11 is 0. The minimum Gasteiger partial charge on any atom is -0.437 e. The second-order valence-corrected chi connectivity index (χ2v) is 2.65. The van der Waals surface area contributed by atoms with Crippen molar-refractivity contribution < 1.29 is 23.8 Å². The Morgan fingerprint density at radius 3 is 2.06 bits per heavy atom. The third-order valence-electron chi connectivity index (χ3n) is 1.58. The van der Waals surface area contributed by atoms with Gasteiger partial charge in [0.1, 0.15) is 11.5 Å². The first-order valence-electron chi connectivity index (χ1n) is 4.36. The highest BCUT2D eigenvalue weighted by Gasteiger charge is 2.04. The van der Waals surface area contributed by atoms with E-state index in [4.69, 9.17) is 9.47 Å². The fourth-order valence-corrected chi connectivity index (χ4v) is 0.871. The van der Waals surface area contributed by atoms with Crippen LogP contribution in [-0.4, -0.2) is 19.2 Å². The molecule has 0 aliphatic rings. The molecule has 0 aliphatic heterocycles. The van der Waals surface area contributed by atoms with Crippen LogP contribution in [0.1, 0.15) is 0 Å². The van der Waals surface area contributed by atoms with Crippen LogP contribution in [0.2, 0.25) is 0 Å². The van der Waals surface area contributed by atoms with Crippen molar-refractivity contribution in [2.24, 2.45) is 0 Å². The molecule has 0 heterocycles. The number of ether oxygens (including phenoxy) is 3. The third kappa shape index (κ3) is 3.45. The monoisotopic (exact) mass is 222 g/mol. The molecule has 0 saturated carbocycles. The van der Waals surface area contributed by atoms with E-state index in [0.29, 0.717) is 11.5 Å². The van der Waals surface area contributed by atoms with Gasteiger partial charge in [0.05, 0.1) is 7.11 Å². The molecular weight excluding hydrogens is 212 g/mol. The largest absolute Gasteiger partial charge is 0.513 e. The minimum absolute atomic E-state index is 0.297. The van der Waals surface area contributed by atoms with Crippen molar-refractivity contribution in [1.29, 1.82) is 0 Å². The molecule has 0 N–H and O–H groups in total. The van der Waals surface area contributed by atoms with Crippen molar-refractivity contribution in [2.45, 2.75) is 0 Å². The average Bonchev–Trinajstić information content (AvgIpc) is 2.31. The van der Waals surface area contributed by atoms with Crippen LogP contribution in [0.25, 0.3) is 0 Å². The molecule has 0 aliphatic carbocycles. The first kappa shape index (κ1) is 11.8. The van der Waals surface area contributed by atoms with E-state index >= 15 is 0 Å². The van der Waals surface area contributed by atoms with Gasteiger partial charge in [0.2, 0.25) is 0 Å². The SMILES string of the molecule is C=CC(=O)Oc1ccc(OC(=O)OC)cc1. The zero-order valence-corrected chi connectivity index (χ0v) is 8.64. The van der Waals surface area contributed by atoms with E-state index in [1.165, 1.54) is 31.4 Å². The van der Waals surface area contributed by atoms with Crippen molar-refractivity contribution in [2.75, 3.05) is 7.11 Å². The molecule has 84 valence electrons. The second kappa shape index (κ2) is 5.55. The molecule has 0 bridgehead atoms. The fourth-order valence-electron chi connectivity index (χ4n) is 0.871. The molecule has 1 aromatic rings. The Morgan fingerprint density at radius 1 is 1.12 bits per heavy atom. The smallest absolute Gasteiger partial charge is 0.437 e. The maximum Gasteiger partial charge on any atom is 0.513 e. The van der Waals surface area contributed by atoms with Crippen molar-refractivity contribution in [3.63, 3.8) is 0 Å². The number of methoxy groups -OCH3 is 1. The third-order valence-corrected chi connectivity index (χ3v) is 1.58. The van der Waals surface area contributed by atoms with Gasteiger partial charge in [-0.25, -0.2) is 9.59 Å². The van der Waals surface area contributed by atoms with Gasteiger partial charge in [-0.1, -0.05) is 6.58 Å². The zero-order chi connectivity index (χ0) is 12.0. The standard InChI is InChI=1S/C11H10O5/c1-3-10(12)15-8-4-6-9(7-5-8)16-11(13)14-2/h3-7H,1H2,2H3. The lowest BCUT2D eigenvalue weighted by Gasteiger charge is -2.04. The maximum atomic E-state index is 10.8. The number of benzene rings is 1. The van der Waals surface area contributed by atoms with Crippen LogP contribution in [0.4, 0.5) is 4.79 Å². The van der Waals surface area contributed by atoms with E-state index in [2.05, 4.69) is 11.3 Å². The second-order valence-electron chi connectivity index (χ2n) is 2.65. The fraction of sp³-hybridized carbons (Fsp3) is 0.0909. The average molecular weight is 222 g/mol. The van der Waals surface area contributed by atoms with Gasteiger partial charge in [0.15, 0.2) is 0 Å². The zero-order valence-electron chi connectivity index (χ0n) is 8.64. The van der Waals surface area contributed by atoms with Crippen LogP contribution >= 0.6 is 0 Å². The molecule has 0 radical (unpaired) electrons. The highest BCUT2D eigenvalue weighted by molar-refractivity contribution is 5.83. The summed E-state index contributed by atoms with van der Waals surface area (Å²) in [5, 5.41) is 0. The van der Waals surface area contributed by atoms with Gasteiger partial charge in [0.25, 0.3) is 0 Å². The highest BCUT2D eigenvalue weighted by Crippen LogP contribution is 2.18. The summed E-state index contributed by atoms with van der Waals surface area (Å²) in [7, 11) is 1.21. The summed E-state index contributed by atoms with van der Waals surface area (Å²) in [5.74, 6) is 0.0778. The van der Waals surface area contributed by atoms with Crippen molar-refractivity contribution in [3.05, 3.63) is 36.9 Å². The lowest BCUT2D eigenvalue weighted by atomic mass is 10.3. The van der Waals surface area contributed by atoms with E-state index in [9.17, 15) is 9.59 Å². The van der Waals surface area contributed by atoms with Crippen LogP contribution in [0, 0.1) is 0 Å². The molecule has 0 unspecified atom stereocenters. The van der Waals surface area contributed by atoms with Crippen molar-refractivity contribution in [3.8, 4) is 11.5 Å². The molecule has 0 fully saturated rings. The molecular formula is C11H10O5. The lowest BCUT2D eigenvalue weighted by molar-refractivity contribution is -0.128. The summed E-state index contributed by atoms with van der Waals surface area (Å²) in [4.78, 5) is 21.6. The number of hydrogen-bond donors (Lipinski definition) is 0. The molecule has 0 spiro atoms. The molecule has 0 atom stereocenters. The Balaban J connectivity index is 2.64. The van der Waals surface area contributed by atoms with E-state index in [0.717, 1.165) is 6.08 Å². The number of esters is 1. The molecule has 0 amide bonds.